The van der Waals surface area contributed by atoms with Gasteiger partial charge in [-0.05, 0) is 24.7 Å². The first kappa shape index (κ1) is 16.2. The monoisotopic (exact) mass is 274 g/mol. The van der Waals surface area contributed by atoms with Gasteiger partial charge in [-0.3, -0.25) is 4.79 Å². The van der Waals surface area contributed by atoms with Crippen LogP contribution in [0.15, 0.2) is 24.3 Å². The van der Waals surface area contributed by atoms with Crippen molar-refractivity contribution in [1.82, 2.24) is 10.2 Å². The number of nitrogens with one attached hydrogen (secondary N) is 1. The van der Waals surface area contributed by atoms with Crippen LogP contribution in [0.5, 0.6) is 0 Å². The fourth-order valence-electron chi connectivity index (χ4n) is 2.12. The molecule has 0 spiro atoms. The molecule has 0 radical (unpaired) electrons. The number of benzene rings is 1. The number of carbonyl (C=O) groups excluding carboxylic acids is 1. The van der Waals surface area contributed by atoms with Crippen molar-refractivity contribution in [2.24, 2.45) is 5.73 Å². The summed E-state index contributed by atoms with van der Waals surface area (Å²) in [5.74, 6) is -0.466. The third-order valence-corrected chi connectivity index (χ3v) is 3.35. The maximum atomic E-state index is 11.6. The summed E-state index contributed by atoms with van der Waals surface area (Å²) in [5.41, 5.74) is 6.57. The molecule has 1 atom stereocenters. The Hall–Kier alpha value is -1.90. The summed E-state index contributed by atoms with van der Waals surface area (Å²) in [6.07, 6.45) is 0. The molecule has 0 saturated heterocycles. The largest absolute Gasteiger partial charge is 0.368 e. The Labute approximate surface area is 120 Å². The minimum absolute atomic E-state index is 0.466. The first-order chi connectivity index (χ1) is 9.63. The maximum absolute atomic E-state index is 11.6. The zero-order chi connectivity index (χ0) is 15.0. The molecule has 1 aromatic carbocycles. The second-order valence-corrected chi connectivity index (χ2v) is 4.52. The molecule has 1 unspecified atom stereocenters. The van der Waals surface area contributed by atoms with E-state index in [0.717, 1.165) is 19.6 Å². The summed E-state index contributed by atoms with van der Waals surface area (Å²) < 4.78 is 0. The smallest absolute Gasteiger partial charge is 0.239 e. The minimum Gasteiger partial charge on any atom is -0.368 e. The topological polar surface area (TPSA) is 82.2 Å². The predicted molar refractivity (Wildman–Crippen MR) is 78.9 cm³/mol. The second-order valence-electron chi connectivity index (χ2n) is 4.52. The van der Waals surface area contributed by atoms with E-state index in [1.54, 1.807) is 24.3 Å². The zero-order valence-corrected chi connectivity index (χ0v) is 12.1. The quantitative estimate of drug-likeness (QED) is 0.741. The maximum Gasteiger partial charge on any atom is 0.239 e. The average Bonchev–Trinajstić information content (AvgIpc) is 2.47. The van der Waals surface area contributed by atoms with Gasteiger partial charge in [0.05, 0.1) is 11.6 Å². The molecule has 3 N–H and O–H groups in total. The summed E-state index contributed by atoms with van der Waals surface area (Å²) in [6.45, 7) is 7.61. The molecule has 0 aliphatic rings. The third kappa shape index (κ3) is 4.34. The predicted octanol–water partition coefficient (Wildman–Crippen LogP) is 1.02. The van der Waals surface area contributed by atoms with Gasteiger partial charge in [0.2, 0.25) is 5.91 Å². The summed E-state index contributed by atoms with van der Waals surface area (Å²) in [6, 6.07) is 8.50. The van der Waals surface area contributed by atoms with Gasteiger partial charge in [0.25, 0.3) is 0 Å². The van der Waals surface area contributed by atoms with Crippen molar-refractivity contribution in [3.05, 3.63) is 35.4 Å². The summed E-state index contributed by atoms with van der Waals surface area (Å²) in [5, 5.41) is 12.2. The Bertz CT molecular complexity index is 477. The molecule has 0 aliphatic carbocycles. The van der Waals surface area contributed by atoms with Crippen molar-refractivity contribution in [2.45, 2.75) is 19.9 Å². The number of primary amides is 1. The van der Waals surface area contributed by atoms with Crippen molar-refractivity contribution in [1.29, 1.82) is 5.26 Å². The average molecular weight is 274 g/mol. The molecule has 0 aromatic heterocycles. The number of amides is 1. The lowest BCUT2D eigenvalue weighted by Gasteiger charge is -2.21. The molecule has 5 heteroatoms. The fraction of sp³-hybridized carbons (Fsp3) is 0.467. The Morgan fingerprint density at radius 2 is 2.05 bits per heavy atom. The number of rotatable bonds is 8. The Morgan fingerprint density at radius 1 is 1.40 bits per heavy atom. The van der Waals surface area contributed by atoms with Gasteiger partial charge in [0, 0.05) is 13.1 Å². The Balaban J connectivity index is 2.75. The van der Waals surface area contributed by atoms with Crippen LogP contribution in [0.1, 0.15) is 31.0 Å². The van der Waals surface area contributed by atoms with Gasteiger partial charge in [-0.1, -0.05) is 32.0 Å². The highest BCUT2D eigenvalue weighted by molar-refractivity contribution is 5.82. The molecule has 1 amide bonds. The molecule has 0 heterocycles. The SMILES string of the molecule is CCN(CC)CCNC(C(N)=O)c1ccccc1C#N. The highest BCUT2D eigenvalue weighted by Crippen LogP contribution is 2.17. The van der Waals surface area contributed by atoms with E-state index in [-0.39, 0.29) is 0 Å². The highest BCUT2D eigenvalue weighted by Gasteiger charge is 2.20. The lowest BCUT2D eigenvalue weighted by molar-refractivity contribution is -0.120. The van der Waals surface area contributed by atoms with Crippen molar-refractivity contribution in [3.63, 3.8) is 0 Å². The number of likely N-dealkylation sites (N-methyl/N-ethyl adjacent to an activating group) is 1. The van der Waals surface area contributed by atoms with Gasteiger partial charge in [0.1, 0.15) is 6.04 Å². The van der Waals surface area contributed by atoms with Crippen LogP contribution in [0, 0.1) is 11.3 Å². The van der Waals surface area contributed by atoms with Crippen LogP contribution in [0.2, 0.25) is 0 Å². The summed E-state index contributed by atoms with van der Waals surface area (Å²) in [7, 11) is 0. The first-order valence-electron chi connectivity index (χ1n) is 6.88. The number of hydrogen-bond acceptors (Lipinski definition) is 4. The summed E-state index contributed by atoms with van der Waals surface area (Å²) >= 11 is 0. The third-order valence-electron chi connectivity index (χ3n) is 3.35. The lowest BCUT2D eigenvalue weighted by Crippen LogP contribution is -2.39. The fourth-order valence-corrected chi connectivity index (χ4v) is 2.12. The molecule has 20 heavy (non-hydrogen) atoms. The lowest BCUT2D eigenvalue weighted by atomic mass is 10.0. The van der Waals surface area contributed by atoms with Crippen LogP contribution in [-0.4, -0.2) is 37.0 Å². The van der Waals surface area contributed by atoms with E-state index in [1.165, 1.54) is 0 Å². The van der Waals surface area contributed by atoms with Gasteiger partial charge >= 0.3 is 0 Å². The Kier molecular flexibility index (Phi) is 6.71. The molecule has 5 nitrogen and oxygen atoms in total. The molecule has 0 bridgehead atoms. The van der Waals surface area contributed by atoms with Crippen molar-refractivity contribution < 1.29 is 4.79 Å². The van der Waals surface area contributed by atoms with Crippen LogP contribution in [-0.2, 0) is 4.79 Å². The molecule has 0 fully saturated rings. The molecule has 0 aliphatic heterocycles. The van der Waals surface area contributed by atoms with Gasteiger partial charge in [-0.15, -0.1) is 0 Å². The minimum atomic E-state index is -0.624. The standard InChI is InChI=1S/C15H22N4O/c1-3-19(4-2)10-9-18-14(15(17)20)13-8-6-5-7-12(13)11-16/h5-8,14,18H,3-4,9-10H2,1-2H3,(H2,17,20). The van der Waals surface area contributed by atoms with Crippen molar-refractivity contribution in [2.75, 3.05) is 26.2 Å². The zero-order valence-electron chi connectivity index (χ0n) is 12.1. The van der Waals surface area contributed by atoms with Gasteiger partial charge < -0.3 is 16.0 Å². The van der Waals surface area contributed by atoms with E-state index >= 15 is 0 Å². The molecule has 1 rings (SSSR count). The number of nitrogens with two attached hydrogens (primary N) is 1. The first-order valence-corrected chi connectivity index (χ1v) is 6.88. The van der Waals surface area contributed by atoms with E-state index in [4.69, 9.17) is 11.0 Å². The number of nitrogens with zero attached hydrogens (tertiary/aromatic N) is 2. The van der Waals surface area contributed by atoms with Gasteiger partial charge in [-0.25, -0.2) is 0 Å². The number of nitriles is 1. The Morgan fingerprint density at radius 3 is 2.60 bits per heavy atom. The molecular formula is C15H22N4O. The van der Waals surface area contributed by atoms with Crippen LogP contribution in [0.3, 0.4) is 0 Å². The van der Waals surface area contributed by atoms with Crippen LogP contribution >= 0.6 is 0 Å². The molecule has 108 valence electrons. The van der Waals surface area contributed by atoms with Crippen molar-refractivity contribution >= 4 is 5.91 Å². The number of hydrogen-bond donors (Lipinski definition) is 2. The molecule has 1 aromatic rings. The van der Waals surface area contributed by atoms with E-state index in [0.29, 0.717) is 17.7 Å². The van der Waals surface area contributed by atoms with Crippen LogP contribution < -0.4 is 11.1 Å². The molecular weight excluding hydrogens is 252 g/mol. The van der Waals surface area contributed by atoms with E-state index in [2.05, 4.69) is 30.1 Å². The molecule has 0 saturated carbocycles. The normalized spacial score (nSPS) is 12.1. The van der Waals surface area contributed by atoms with Crippen molar-refractivity contribution in [3.8, 4) is 6.07 Å². The second kappa shape index (κ2) is 8.31. The van der Waals surface area contributed by atoms with Gasteiger partial charge in [-0.2, -0.15) is 5.26 Å². The van der Waals surface area contributed by atoms with Crippen LogP contribution in [0.4, 0.5) is 0 Å². The summed E-state index contributed by atoms with van der Waals surface area (Å²) in [4.78, 5) is 13.9. The van der Waals surface area contributed by atoms with E-state index in [1.807, 2.05) is 0 Å². The van der Waals surface area contributed by atoms with Crippen LogP contribution in [0.25, 0.3) is 0 Å². The van der Waals surface area contributed by atoms with E-state index < -0.39 is 11.9 Å². The number of carbonyl (C=O) groups is 1. The van der Waals surface area contributed by atoms with Gasteiger partial charge in [0.15, 0.2) is 0 Å². The van der Waals surface area contributed by atoms with E-state index in [9.17, 15) is 4.79 Å². The highest BCUT2D eigenvalue weighted by atomic mass is 16.1.